The molecule has 0 fully saturated rings. The number of fused-ring (bicyclic) bond motifs is 1. The second-order valence-corrected chi connectivity index (χ2v) is 6.10. The van der Waals surface area contributed by atoms with Crippen LogP contribution in [0.3, 0.4) is 0 Å². The number of nitrogens with one attached hydrogen (secondary N) is 2. The lowest BCUT2D eigenvalue weighted by atomic mass is 10.0. The van der Waals surface area contributed by atoms with Crippen LogP contribution in [0.1, 0.15) is 34.8 Å². The third-order valence-electron chi connectivity index (χ3n) is 4.19. The second-order valence-electron chi connectivity index (χ2n) is 6.10. The van der Waals surface area contributed by atoms with Gasteiger partial charge in [0.05, 0.1) is 5.56 Å². The predicted octanol–water partition coefficient (Wildman–Crippen LogP) is 2.93. The van der Waals surface area contributed by atoms with E-state index in [9.17, 15) is 14.4 Å². The van der Waals surface area contributed by atoms with Crippen molar-refractivity contribution >= 4 is 29.2 Å². The fourth-order valence-corrected chi connectivity index (χ4v) is 2.79. The van der Waals surface area contributed by atoms with E-state index in [4.69, 9.17) is 4.74 Å². The van der Waals surface area contributed by atoms with Crippen molar-refractivity contribution in [1.82, 2.24) is 0 Å². The topological polar surface area (TPSA) is 84.5 Å². The number of carbonyl (C=O) groups excluding carboxylic acids is 3. The van der Waals surface area contributed by atoms with Gasteiger partial charge in [-0.25, -0.2) is 4.79 Å². The molecule has 0 aromatic heterocycles. The van der Waals surface area contributed by atoms with Gasteiger partial charge in [0.2, 0.25) is 5.91 Å². The minimum absolute atomic E-state index is 0.0309. The first-order valence-electron chi connectivity index (χ1n) is 8.54. The lowest BCUT2D eigenvalue weighted by molar-refractivity contribution is -0.119. The average Bonchev–Trinajstić information content (AvgIpc) is 2.65. The summed E-state index contributed by atoms with van der Waals surface area (Å²) in [6.45, 7) is 1.68. The molecule has 1 heterocycles. The van der Waals surface area contributed by atoms with Crippen LogP contribution in [0.25, 0.3) is 0 Å². The summed E-state index contributed by atoms with van der Waals surface area (Å²) in [6, 6.07) is 12.5. The highest BCUT2D eigenvalue weighted by Gasteiger charge is 2.17. The molecule has 0 saturated heterocycles. The number of aryl methyl sites for hydroxylation is 2. The maximum absolute atomic E-state index is 12.2. The van der Waals surface area contributed by atoms with Crippen molar-refractivity contribution in [3.05, 3.63) is 59.2 Å². The largest absolute Gasteiger partial charge is 0.452 e. The molecule has 0 spiro atoms. The third-order valence-corrected chi connectivity index (χ3v) is 4.19. The Bertz CT molecular complexity index is 861. The zero-order valence-electron chi connectivity index (χ0n) is 14.5. The fraction of sp³-hybridized carbons (Fsp3) is 0.250. The number of hydrogen-bond acceptors (Lipinski definition) is 4. The van der Waals surface area contributed by atoms with E-state index < -0.39 is 11.9 Å². The van der Waals surface area contributed by atoms with Gasteiger partial charge in [-0.3, -0.25) is 9.59 Å². The summed E-state index contributed by atoms with van der Waals surface area (Å²) in [5.41, 5.74) is 3.75. The van der Waals surface area contributed by atoms with Gasteiger partial charge in [-0.2, -0.15) is 0 Å². The van der Waals surface area contributed by atoms with Gasteiger partial charge in [-0.15, -0.1) is 0 Å². The standard InChI is InChI=1S/C20H20N2O4/c1-2-13-4-3-5-16(10-13)21-19(24)12-26-20(25)15-6-8-17-14(11-15)7-9-18(23)22-17/h3-6,8,10-11H,2,7,9,12H2,1H3,(H,21,24)(H,22,23). The van der Waals surface area contributed by atoms with E-state index in [2.05, 4.69) is 10.6 Å². The van der Waals surface area contributed by atoms with Crippen molar-refractivity contribution in [3.63, 3.8) is 0 Å². The molecule has 6 heteroatoms. The Kier molecular flexibility index (Phi) is 5.31. The number of esters is 1. The van der Waals surface area contributed by atoms with Crippen LogP contribution in [0.5, 0.6) is 0 Å². The van der Waals surface area contributed by atoms with Crippen LogP contribution < -0.4 is 10.6 Å². The maximum atomic E-state index is 12.2. The Balaban J connectivity index is 1.56. The van der Waals surface area contributed by atoms with Crippen molar-refractivity contribution in [2.75, 3.05) is 17.2 Å². The molecule has 134 valence electrons. The molecule has 6 nitrogen and oxygen atoms in total. The summed E-state index contributed by atoms with van der Waals surface area (Å²) >= 11 is 0. The molecule has 1 aliphatic heterocycles. The zero-order chi connectivity index (χ0) is 18.5. The molecule has 2 aromatic carbocycles. The predicted molar refractivity (Wildman–Crippen MR) is 98.1 cm³/mol. The van der Waals surface area contributed by atoms with Crippen LogP contribution in [0.4, 0.5) is 11.4 Å². The van der Waals surface area contributed by atoms with E-state index in [1.54, 1.807) is 24.3 Å². The van der Waals surface area contributed by atoms with Crippen LogP contribution in [0, 0.1) is 0 Å². The molecule has 0 bridgehead atoms. The van der Waals surface area contributed by atoms with Gasteiger partial charge in [0.25, 0.3) is 5.91 Å². The van der Waals surface area contributed by atoms with Crippen molar-refractivity contribution in [2.24, 2.45) is 0 Å². The number of anilines is 2. The minimum atomic E-state index is -0.567. The summed E-state index contributed by atoms with van der Waals surface area (Å²) in [5, 5.41) is 5.47. The van der Waals surface area contributed by atoms with E-state index in [-0.39, 0.29) is 12.5 Å². The Hall–Kier alpha value is -3.15. The van der Waals surface area contributed by atoms with Gasteiger partial charge in [0.1, 0.15) is 0 Å². The smallest absolute Gasteiger partial charge is 0.338 e. The molecule has 0 saturated carbocycles. The SMILES string of the molecule is CCc1cccc(NC(=O)COC(=O)c2ccc3c(c2)CCC(=O)N3)c1. The molecule has 26 heavy (non-hydrogen) atoms. The first kappa shape index (κ1) is 17.7. The van der Waals surface area contributed by atoms with Crippen LogP contribution >= 0.6 is 0 Å². The molecule has 0 aliphatic carbocycles. The van der Waals surface area contributed by atoms with Gasteiger partial charge in [-0.1, -0.05) is 19.1 Å². The highest BCUT2D eigenvalue weighted by Crippen LogP contribution is 2.23. The van der Waals surface area contributed by atoms with E-state index in [1.165, 1.54) is 0 Å². The molecule has 0 radical (unpaired) electrons. The highest BCUT2D eigenvalue weighted by atomic mass is 16.5. The number of benzene rings is 2. The normalized spacial score (nSPS) is 12.7. The molecular weight excluding hydrogens is 332 g/mol. The minimum Gasteiger partial charge on any atom is -0.452 e. The lowest BCUT2D eigenvalue weighted by Gasteiger charge is -2.17. The van der Waals surface area contributed by atoms with Gasteiger partial charge in [0, 0.05) is 17.8 Å². The summed E-state index contributed by atoms with van der Waals surface area (Å²) in [5.74, 6) is -0.990. The summed E-state index contributed by atoms with van der Waals surface area (Å²) < 4.78 is 5.09. The number of amides is 2. The van der Waals surface area contributed by atoms with Crippen molar-refractivity contribution < 1.29 is 19.1 Å². The number of hydrogen-bond donors (Lipinski definition) is 2. The third kappa shape index (κ3) is 4.27. The summed E-state index contributed by atoms with van der Waals surface area (Å²) in [6.07, 6.45) is 1.85. The zero-order valence-corrected chi connectivity index (χ0v) is 14.5. The van der Waals surface area contributed by atoms with Crippen molar-refractivity contribution in [1.29, 1.82) is 0 Å². The first-order chi connectivity index (χ1) is 12.5. The lowest BCUT2D eigenvalue weighted by Crippen LogP contribution is -2.22. The highest BCUT2D eigenvalue weighted by molar-refractivity contribution is 5.97. The summed E-state index contributed by atoms with van der Waals surface area (Å²) in [4.78, 5) is 35.5. The molecule has 2 N–H and O–H groups in total. The van der Waals surface area contributed by atoms with Crippen molar-refractivity contribution in [3.8, 4) is 0 Å². The fourth-order valence-electron chi connectivity index (χ4n) is 2.79. The van der Waals surface area contributed by atoms with E-state index >= 15 is 0 Å². The van der Waals surface area contributed by atoms with E-state index in [1.807, 2.05) is 25.1 Å². The van der Waals surface area contributed by atoms with Crippen LogP contribution in [-0.4, -0.2) is 24.4 Å². The molecule has 3 rings (SSSR count). The Morgan fingerprint density at radius 3 is 2.81 bits per heavy atom. The van der Waals surface area contributed by atoms with Crippen LogP contribution in [0.15, 0.2) is 42.5 Å². The number of carbonyl (C=O) groups is 3. The average molecular weight is 352 g/mol. The van der Waals surface area contributed by atoms with Crippen LogP contribution in [-0.2, 0) is 27.2 Å². The van der Waals surface area contributed by atoms with Gasteiger partial charge in [0.15, 0.2) is 6.61 Å². The quantitative estimate of drug-likeness (QED) is 0.811. The molecule has 0 atom stereocenters. The number of rotatable bonds is 5. The molecule has 2 aromatic rings. The van der Waals surface area contributed by atoms with Gasteiger partial charge >= 0.3 is 5.97 Å². The number of ether oxygens (including phenoxy) is 1. The summed E-state index contributed by atoms with van der Waals surface area (Å²) in [7, 11) is 0. The van der Waals surface area contributed by atoms with Crippen LogP contribution in [0.2, 0.25) is 0 Å². The second kappa shape index (κ2) is 7.82. The van der Waals surface area contributed by atoms with E-state index in [0.717, 1.165) is 17.5 Å². The monoisotopic (exact) mass is 352 g/mol. The van der Waals surface area contributed by atoms with Gasteiger partial charge in [-0.05, 0) is 54.3 Å². The van der Waals surface area contributed by atoms with Crippen molar-refractivity contribution in [2.45, 2.75) is 26.2 Å². The Morgan fingerprint density at radius 1 is 1.15 bits per heavy atom. The maximum Gasteiger partial charge on any atom is 0.338 e. The Labute approximate surface area is 151 Å². The Morgan fingerprint density at radius 2 is 2.00 bits per heavy atom. The first-order valence-corrected chi connectivity index (χ1v) is 8.54. The molecule has 0 unspecified atom stereocenters. The molecule has 2 amide bonds. The van der Waals surface area contributed by atoms with Gasteiger partial charge < -0.3 is 15.4 Å². The molecular formula is C20H20N2O4. The molecule has 1 aliphatic rings. The van der Waals surface area contributed by atoms with E-state index in [0.29, 0.717) is 29.8 Å².